The zero-order valence-electron chi connectivity index (χ0n) is 6.93. The number of alkyl halides is 2. The van der Waals surface area contributed by atoms with E-state index < -0.39 is 18.8 Å². The SMILES string of the molecule is CCOc1c(F)[c]nn1CC(F)F. The van der Waals surface area contributed by atoms with Gasteiger partial charge in [0.2, 0.25) is 11.7 Å². The summed E-state index contributed by atoms with van der Waals surface area (Å²) < 4.78 is 42.1. The van der Waals surface area contributed by atoms with Crippen molar-refractivity contribution in [3.8, 4) is 5.88 Å². The van der Waals surface area contributed by atoms with Crippen LogP contribution in [0.4, 0.5) is 13.2 Å². The zero-order valence-corrected chi connectivity index (χ0v) is 6.93. The average Bonchev–Trinajstić information content (AvgIpc) is 2.35. The van der Waals surface area contributed by atoms with Crippen LogP contribution in [-0.2, 0) is 6.54 Å². The maximum atomic E-state index is 12.7. The predicted molar refractivity (Wildman–Crippen MR) is 38.2 cm³/mol. The van der Waals surface area contributed by atoms with Crippen molar-refractivity contribution in [1.29, 1.82) is 0 Å². The highest BCUT2D eigenvalue weighted by Gasteiger charge is 2.15. The van der Waals surface area contributed by atoms with Gasteiger partial charge in [0, 0.05) is 0 Å². The van der Waals surface area contributed by atoms with Gasteiger partial charge in [0.25, 0.3) is 6.43 Å². The molecule has 0 bridgehead atoms. The molecule has 0 atom stereocenters. The molecule has 0 aliphatic heterocycles. The van der Waals surface area contributed by atoms with Crippen molar-refractivity contribution >= 4 is 0 Å². The third-order valence-corrected chi connectivity index (χ3v) is 1.28. The molecule has 0 aliphatic carbocycles. The Bertz CT molecular complexity index is 275. The van der Waals surface area contributed by atoms with Crippen LogP contribution < -0.4 is 4.74 Å². The molecule has 1 rings (SSSR count). The summed E-state index contributed by atoms with van der Waals surface area (Å²) in [5.41, 5.74) is 0. The van der Waals surface area contributed by atoms with Crippen molar-refractivity contribution in [2.75, 3.05) is 6.61 Å². The van der Waals surface area contributed by atoms with E-state index in [1.807, 2.05) is 6.20 Å². The van der Waals surface area contributed by atoms with Gasteiger partial charge in [0.1, 0.15) is 6.54 Å². The van der Waals surface area contributed by atoms with E-state index in [2.05, 4.69) is 5.10 Å². The number of halogens is 3. The van der Waals surface area contributed by atoms with Crippen molar-refractivity contribution in [3.05, 3.63) is 12.0 Å². The van der Waals surface area contributed by atoms with Gasteiger partial charge in [-0.05, 0) is 6.92 Å². The fourth-order valence-electron chi connectivity index (χ4n) is 0.840. The number of hydrogen-bond acceptors (Lipinski definition) is 2. The fourth-order valence-corrected chi connectivity index (χ4v) is 0.840. The molecular formula is C7H8F3N2O. The van der Waals surface area contributed by atoms with Crippen LogP contribution in [-0.4, -0.2) is 22.8 Å². The van der Waals surface area contributed by atoms with Crippen LogP contribution in [0.3, 0.4) is 0 Å². The van der Waals surface area contributed by atoms with Gasteiger partial charge in [0.15, 0.2) is 6.20 Å². The van der Waals surface area contributed by atoms with E-state index in [1.54, 1.807) is 6.92 Å². The molecule has 0 unspecified atom stereocenters. The summed E-state index contributed by atoms with van der Waals surface area (Å²) in [6.45, 7) is 1.13. The van der Waals surface area contributed by atoms with Gasteiger partial charge in [-0.25, -0.2) is 13.5 Å². The molecule has 0 N–H and O–H groups in total. The quantitative estimate of drug-likeness (QED) is 0.724. The average molecular weight is 193 g/mol. The third kappa shape index (κ3) is 2.37. The molecule has 1 radical (unpaired) electrons. The highest BCUT2D eigenvalue weighted by molar-refractivity contribution is 5.10. The van der Waals surface area contributed by atoms with E-state index in [-0.39, 0.29) is 12.5 Å². The molecule has 0 aliphatic rings. The number of rotatable bonds is 4. The second-order valence-corrected chi connectivity index (χ2v) is 2.24. The van der Waals surface area contributed by atoms with Crippen LogP contribution in [0.2, 0.25) is 0 Å². The second-order valence-electron chi connectivity index (χ2n) is 2.24. The first kappa shape index (κ1) is 9.88. The third-order valence-electron chi connectivity index (χ3n) is 1.28. The number of hydrogen-bond donors (Lipinski definition) is 0. The van der Waals surface area contributed by atoms with E-state index in [1.165, 1.54) is 0 Å². The highest BCUT2D eigenvalue weighted by atomic mass is 19.3. The summed E-state index contributed by atoms with van der Waals surface area (Å²) in [4.78, 5) is 0. The van der Waals surface area contributed by atoms with E-state index in [0.717, 1.165) is 4.68 Å². The molecule has 0 saturated heterocycles. The first-order valence-electron chi connectivity index (χ1n) is 3.70. The van der Waals surface area contributed by atoms with Crippen molar-refractivity contribution < 1.29 is 17.9 Å². The Morgan fingerprint density at radius 2 is 2.31 bits per heavy atom. The largest absolute Gasteiger partial charge is 0.476 e. The number of nitrogens with zero attached hydrogens (tertiary/aromatic N) is 2. The Morgan fingerprint density at radius 1 is 1.62 bits per heavy atom. The van der Waals surface area contributed by atoms with Crippen molar-refractivity contribution in [1.82, 2.24) is 9.78 Å². The molecule has 0 aromatic carbocycles. The van der Waals surface area contributed by atoms with Gasteiger partial charge in [-0.3, -0.25) is 0 Å². The number of ether oxygens (including phenoxy) is 1. The van der Waals surface area contributed by atoms with Gasteiger partial charge < -0.3 is 4.74 Å². The van der Waals surface area contributed by atoms with Gasteiger partial charge in [-0.1, -0.05) is 0 Å². The lowest BCUT2D eigenvalue weighted by molar-refractivity contribution is 0.115. The number of aromatic nitrogens is 2. The molecule has 1 aromatic rings. The predicted octanol–water partition coefficient (Wildman–Crippen LogP) is 1.49. The Balaban J connectivity index is 2.80. The molecule has 0 amide bonds. The molecule has 0 fully saturated rings. The lowest BCUT2D eigenvalue weighted by atomic mass is 10.6. The lowest BCUT2D eigenvalue weighted by Gasteiger charge is -2.06. The molecule has 0 saturated carbocycles. The first-order valence-corrected chi connectivity index (χ1v) is 3.70. The normalized spacial score (nSPS) is 10.8. The smallest absolute Gasteiger partial charge is 0.258 e. The van der Waals surface area contributed by atoms with E-state index in [4.69, 9.17) is 4.74 Å². The Morgan fingerprint density at radius 3 is 2.85 bits per heavy atom. The molecule has 6 heteroatoms. The van der Waals surface area contributed by atoms with E-state index in [9.17, 15) is 13.2 Å². The first-order chi connectivity index (χ1) is 6.15. The molecule has 0 spiro atoms. The monoisotopic (exact) mass is 193 g/mol. The summed E-state index contributed by atoms with van der Waals surface area (Å²) in [6, 6.07) is 0. The summed E-state index contributed by atoms with van der Waals surface area (Å²) in [5, 5.41) is 3.29. The van der Waals surface area contributed by atoms with E-state index in [0.29, 0.717) is 0 Å². The molecule has 73 valence electrons. The lowest BCUT2D eigenvalue weighted by Crippen LogP contribution is -2.10. The molecule has 1 heterocycles. The van der Waals surface area contributed by atoms with Gasteiger partial charge in [0.05, 0.1) is 6.61 Å². The maximum Gasteiger partial charge on any atom is 0.258 e. The summed E-state index contributed by atoms with van der Waals surface area (Å²) >= 11 is 0. The minimum absolute atomic E-state index is 0.194. The van der Waals surface area contributed by atoms with Gasteiger partial charge in [-0.2, -0.15) is 9.49 Å². The van der Waals surface area contributed by atoms with Crippen molar-refractivity contribution in [3.63, 3.8) is 0 Å². The Hall–Kier alpha value is -1.20. The molecular weight excluding hydrogens is 185 g/mol. The van der Waals surface area contributed by atoms with Crippen LogP contribution in [0.15, 0.2) is 0 Å². The molecule has 13 heavy (non-hydrogen) atoms. The minimum Gasteiger partial charge on any atom is -0.476 e. The topological polar surface area (TPSA) is 27.1 Å². The van der Waals surface area contributed by atoms with Crippen LogP contribution in [0.25, 0.3) is 0 Å². The van der Waals surface area contributed by atoms with Crippen molar-refractivity contribution in [2.45, 2.75) is 19.9 Å². The minimum atomic E-state index is -2.59. The Labute approximate surface area is 73.1 Å². The standard InChI is InChI=1S/C7H8F3N2O/c1-2-13-7-5(8)3-11-12(7)4-6(9)10/h6H,2,4H2,1H3. The van der Waals surface area contributed by atoms with Crippen LogP contribution in [0, 0.1) is 12.0 Å². The van der Waals surface area contributed by atoms with E-state index >= 15 is 0 Å². The van der Waals surface area contributed by atoms with Crippen LogP contribution in [0.1, 0.15) is 6.92 Å². The molecule has 3 nitrogen and oxygen atoms in total. The second kappa shape index (κ2) is 4.15. The van der Waals surface area contributed by atoms with Crippen molar-refractivity contribution in [2.24, 2.45) is 0 Å². The highest BCUT2D eigenvalue weighted by Crippen LogP contribution is 2.16. The van der Waals surface area contributed by atoms with Crippen LogP contribution >= 0.6 is 0 Å². The molecule has 1 aromatic heterocycles. The summed E-state index contributed by atoms with van der Waals surface area (Å²) in [6.07, 6.45) is -0.675. The zero-order chi connectivity index (χ0) is 9.84. The Kier molecular flexibility index (Phi) is 3.16. The summed E-state index contributed by atoms with van der Waals surface area (Å²) in [5.74, 6) is -1.13. The summed E-state index contributed by atoms with van der Waals surface area (Å²) in [7, 11) is 0. The van der Waals surface area contributed by atoms with Gasteiger partial charge in [-0.15, -0.1) is 0 Å². The fraction of sp³-hybridized carbons (Fsp3) is 0.571. The maximum absolute atomic E-state index is 12.7. The van der Waals surface area contributed by atoms with Crippen LogP contribution in [0.5, 0.6) is 5.88 Å². The van der Waals surface area contributed by atoms with Gasteiger partial charge >= 0.3 is 0 Å².